The summed E-state index contributed by atoms with van der Waals surface area (Å²) in [4.78, 5) is 0. The van der Waals surface area contributed by atoms with Crippen molar-refractivity contribution in [2.75, 3.05) is 20.3 Å². The van der Waals surface area contributed by atoms with E-state index in [9.17, 15) is 0 Å². The van der Waals surface area contributed by atoms with E-state index in [0.29, 0.717) is 6.04 Å². The fourth-order valence-corrected chi connectivity index (χ4v) is 2.29. The van der Waals surface area contributed by atoms with Crippen LogP contribution in [-0.4, -0.2) is 36.1 Å². The van der Waals surface area contributed by atoms with Gasteiger partial charge in [-0.25, -0.2) is 0 Å². The van der Waals surface area contributed by atoms with Crippen LogP contribution in [0.4, 0.5) is 0 Å². The van der Waals surface area contributed by atoms with Crippen LogP contribution < -0.4 is 5.32 Å². The Hall–Kier alpha value is -0.870. The van der Waals surface area contributed by atoms with Crippen LogP contribution in [0.15, 0.2) is 6.07 Å². The van der Waals surface area contributed by atoms with E-state index < -0.39 is 0 Å². The molecular formula is C15H29N3O. The van der Waals surface area contributed by atoms with Crippen LogP contribution in [0.2, 0.25) is 0 Å². The molecule has 0 amide bonds. The zero-order valence-corrected chi connectivity index (χ0v) is 12.9. The Morgan fingerprint density at radius 2 is 2.21 bits per heavy atom. The molecule has 1 N–H and O–H groups in total. The van der Waals surface area contributed by atoms with E-state index in [1.54, 1.807) is 7.11 Å². The van der Waals surface area contributed by atoms with Gasteiger partial charge in [0.25, 0.3) is 0 Å². The second kappa shape index (κ2) is 9.10. The van der Waals surface area contributed by atoms with Gasteiger partial charge in [-0.05, 0) is 38.3 Å². The Morgan fingerprint density at radius 3 is 2.79 bits per heavy atom. The van der Waals surface area contributed by atoms with Crippen LogP contribution in [0.3, 0.4) is 0 Å². The van der Waals surface area contributed by atoms with Crippen molar-refractivity contribution in [1.82, 2.24) is 15.1 Å². The average molecular weight is 267 g/mol. The molecule has 0 spiro atoms. The Morgan fingerprint density at radius 1 is 1.42 bits per heavy atom. The molecule has 0 bridgehead atoms. The number of rotatable bonds is 10. The molecule has 110 valence electrons. The van der Waals surface area contributed by atoms with E-state index in [1.165, 1.54) is 17.8 Å². The van der Waals surface area contributed by atoms with Crippen LogP contribution in [0, 0.1) is 0 Å². The summed E-state index contributed by atoms with van der Waals surface area (Å²) in [5.74, 6) is 0. The highest BCUT2D eigenvalue weighted by atomic mass is 16.5. The van der Waals surface area contributed by atoms with Crippen LogP contribution in [0.1, 0.15) is 44.5 Å². The molecule has 1 aromatic rings. The van der Waals surface area contributed by atoms with Crippen molar-refractivity contribution < 1.29 is 4.74 Å². The molecule has 1 unspecified atom stereocenters. The Labute approximate surface area is 117 Å². The first-order valence-electron chi connectivity index (χ1n) is 7.45. The van der Waals surface area contributed by atoms with Gasteiger partial charge in [0.2, 0.25) is 0 Å². The predicted molar refractivity (Wildman–Crippen MR) is 79.5 cm³/mol. The van der Waals surface area contributed by atoms with Crippen molar-refractivity contribution in [1.29, 1.82) is 0 Å². The third kappa shape index (κ3) is 5.74. The lowest BCUT2D eigenvalue weighted by Crippen LogP contribution is -2.32. The van der Waals surface area contributed by atoms with Crippen molar-refractivity contribution in [3.8, 4) is 0 Å². The highest BCUT2D eigenvalue weighted by Gasteiger charge is 2.12. The number of ether oxygens (including phenoxy) is 1. The number of aromatic nitrogens is 2. The Kier molecular flexibility index (Phi) is 7.75. The van der Waals surface area contributed by atoms with Gasteiger partial charge in [0.1, 0.15) is 0 Å². The first kappa shape index (κ1) is 16.2. The molecule has 0 radical (unpaired) electrons. The number of methoxy groups -OCH3 is 1. The quantitative estimate of drug-likeness (QED) is 0.661. The topological polar surface area (TPSA) is 39.1 Å². The molecule has 0 aromatic carbocycles. The van der Waals surface area contributed by atoms with E-state index in [0.717, 1.165) is 38.8 Å². The smallest absolute Gasteiger partial charge is 0.0624 e. The largest absolute Gasteiger partial charge is 0.385 e. The number of hydrogen-bond donors (Lipinski definition) is 1. The molecular weight excluding hydrogens is 238 g/mol. The molecule has 0 aliphatic carbocycles. The Balaban J connectivity index is 2.55. The lowest BCUT2D eigenvalue weighted by molar-refractivity contribution is 0.188. The van der Waals surface area contributed by atoms with Gasteiger partial charge >= 0.3 is 0 Å². The van der Waals surface area contributed by atoms with Gasteiger partial charge in [-0.2, -0.15) is 5.10 Å². The third-order valence-electron chi connectivity index (χ3n) is 3.43. The van der Waals surface area contributed by atoms with Gasteiger partial charge in [0.05, 0.1) is 5.69 Å². The molecule has 1 heterocycles. The van der Waals surface area contributed by atoms with Crippen LogP contribution in [0.5, 0.6) is 0 Å². The summed E-state index contributed by atoms with van der Waals surface area (Å²) in [7, 11) is 3.81. The van der Waals surface area contributed by atoms with Crippen LogP contribution in [-0.2, 0) is 24.6 Å². The van der Waals surface area contributed by atoms with Crippen molar-refractivity contribution in [2.24, 2.45) is 7.05 Å². The SMILES string of the molecule is CCCNC(CCCOC)Cc1cc(CC)nn1C. The summed E-state index contributed by atoms with van der Waals surface area (Å²) in [6.07, 6.45) is 5.49. The molecule has 1 rings (SSSR count). The summed E-state index contributed by atoms with van der Waals surface area (Å²) < 4.78 is 7.17. The molecule has 0 saturated carbocycles. The summed E-state index contributed by atoms with van der Waals surface area (Å²) in [5, 5.41) is 8.16. The minimum Gasteiger partial charge on any atom is -0.385 e. The number of nitrogens with one attached hydrogen (secondary N) is 1. The van der Waals surface area contributed by atoms with Crippen molar-refractivity contribution in [3.05, 3.63) is 17.5 Å². The zero-order chi connectivity index (χ0) is 14.1. The maximum Gasteiger partial charge on any atom is 0.0624 e. The summed E-state index contributed by atoms with van der Waals surface area (Å²) in [6.45, 7) is 6.28. The third-order valence-corrected chi connectivity index (χ3v) is 3.43. The molecule has 0 saturated heterocycles. The number of aryl methyl sites for hydroxylation is 2. The monoisotopic (exact) mass is 267 g/mol. The summed E-state index contributed by atoms with van der Waals surface area (Å²) >= 11 is 0. The molecule has 0 aliphatic heterocycles. The first-order valence-corrected chi connectivity index (χ1v) is 7.45. The van der Waals surface area contributed by atoms with Gasteiger partial charge < -0.3 is 10.1 Å². The second-order valence-electron chi connectivity index (χ2n) is 5.09. The van der Waals surface area contributed by atoms with E-state index in [1.807, 2.05) is 11.7 Å². The summed E-state index contributed by atoms with van der Waals surface area (Å²) in [6, 6.07) is 2.76. The number of nitrogens with zero attached hydrogens (tertiary/aromatic N) is 2. The van der Waals surface area contributed by atoms with Gasteiger partial charge in [-0.3, -0.25) is 4.68 Å². The standard InChI is InChI=1S/C15H29N3O/c1-5-9-16-14(8-7-10-19-4)12-15-11-13(6-2)17-18(15)3/h11,14,16H,5-10,12H2,1-4H3. The Bertz CT molecular complexity index is 349. The fourth-order valence-electron chi connectivity index (χ4n) is 2.29. The fraction of sp³-hybridized carbons (Fsp3) is 0.800. The van der Waals surface area contributed by atoms with Crippen molar-refractivity contribution in [3.63, 3.8) is 0 Å². The molecule has 1 aromatic heterocycles. The normalized spacial score (nSPS) is 12.8. The van der Waals surface area contributed by atoms with E-state index >= 15 is 0 Å². The first-order chi connectivity index (χ1) is 9.21. The van der Waals surface area contributed by atoms with E-state index in [2.05, 4.69) is 30.3 Å². The molecule has 0 aliphatic rings. The van der Waals surface area contributed by atoms with Gasteiger partial charge in [-0.15, -0.1) is 0 Å². The molecule has 4 nitrogen and oxygen atoms in total. The van der Waals surface area contributed by atoms with Crippen molar-refractivity contribution >= 4 is 0 Å². The lowest BCUT2D eigenvalue weighted by atomic mass is 10.1. The highest BCUT2D eigenvalue weighted by molar-refractivity contribution is 5.11. The second-order valence-corrected chi connectivity index (χ2v) is 5.09. The van der Waals surface area contributed by atoms with Gasteiger partial charge in [0, 0.05) is 38.9 Å². The maximum absolute atomic E-state index is 5.15. The highest BCUT2D eigenvalue weighted by Crippen LogP contribution is 2.10. The lowest BCUT2D eigenvalue weighted by Gasteiger charge is -2.18. The average Bonchev–Trinajstić information content (AvgIpc) is 2.76. The van der Waals surface area contributed by atoms with Crippen LogP contribution in [0.25, 0.3) is 0 Å². The minimum absolute atomic E-state index is 0.523. The molecule has 4 heteroatoms. The molecule has 0 fully saturated rings. The summed E-state index contributed by atoms with van der Waals surface area (Å²) in [5.41, 5.74) is 2.51. The van der Waals surface area contributed by atoms with Crippen molar-refractivity contribution in [2.45, 2.75) is 52.0 Å². The van der Waals surface area contributed by atoms with Gasteiger partial charge in [0.15, 0.2) is 0 Å². The van der Waals surface area contributed by atoms with E-state index in [4.69, 9.17) is 4.74 Å². The van der Waals surface area contributed by atoms with Crippen LogP contribution >= 0.6 is 0 Å². The maximum atomic E-state index is 5.15. The number of hydrogen-bond acceptors (Lipinski definition) is 3. The minimum atomic E-state index is 0.523. The van der Waals surface area contributed by atoms with E-state index in [-0.39, 0.29) is 0 Å². The predicted octanol–water partition coefficient (Wildman–Crippen LogP) is 2.32. The van der Waals surface area contributed by atoms with Gasteiger partial charge in [-0.1, -0.05) is 13.8 Å². The zero-order valence-electron chi connectivity index (χ0n) is 12.9. The molecule has 19 heavy (non-hydrogen) atoms. The molecule has 1 atom stereocenters.